The van der Waals surface area contributed by atoms with Crippen LogP contribution in [0.25, 0.3) is 0 Å². The van der Waals surface area contributed by atoms with E-state index >= 15 is 0 Å². The summed E-state index contributed by atoms with van der Waals surface area (Å²) in [5, 5.41) is 6.98. The molecule has 2 amide bonds. The van der Waals surface area contributed by atoms with Gasteiger partial charge in [-0.25, -0.2) is 0 Å². The minimum absolute atomic E-state index is 0.190. The fourth-order valence-electron chi connectivity index (χ4n) is 2.38. The van der Waals surface area contributed by atoms with Crippen LogP contribution in [-0.4, -0.2) is 28.2 Å². The average molecular weight is 330 g/mol. The zero-order chi connectivity index (χ0) is 17.7. The van der Waals surface area contributed by atoms with Crippen molar-refractivity contribution in [2.45, 2.75) is 33.7 Å². The number of primary amides is 1. The summed E-state index contributed by atoms with van der Waals surface area (Å²) in [5.74, 6) is -0.510. The van der Waals surface area contributed by atoms with Crippen molar-refractivity contribution in [1.29, 1.82) is 0 Å². The Bertz CT molecular complexity index is 752. The number of carbonyl (C=O) groups excluding carboxylic acids is 2. The fraction of sp³-hybridized carbons (Fsp3) is 0.353. The highest BCUT2D eigenvalue weighted by atomic mass is 16.5. The van der Waals surface area contributed by atoms with Crippen LogP contribution in [-0.2, 0) is 6.54 Å². The van der Waals surface area contributed by atoms with E-state index in [9.17, 15) is 9.59 Å². The molecule has 0 saturated carbocycles. The Hall–Kier alpha value is -2.83. The molecule has 0 aliphatic rings. The maximum absolute atomic E-state index is 12.6. The molecule has 0 radical (unpaired) electrons. The highest BCUT2D eigenvalue weighted by molar-refractivity contribution is 6.09. The molecular formula is C17H22N4O3. The standard InChI is InChI=1S/C17H22N4O3/c1-4-10-24-13-9-7-6-8-12(13)17(23)19-14-11(3)20-21(5-2)15(14)16(18)22/h6-9H,4-5,10H2,1-3H3,(H2,18,22)(H,19,23). The van der Waals surface area contributed by atoms with E-state index in [4.69, 9.17) is 10.5 Å². The number of carbonyl (C=O) groups is 2. The van der Waals surface area contributed by atoms with Gasteiger partial charge in [-0.1, -0.05) is 19.1 Å². The zero-order valence-electron chi connectivity index (χ0n) is 14.1. The number of nitrogens with two attached hydrogens (primary N) is 1. The second-order valence-electron chi connectivity index (χ2n) is 5.29. The molecule has 0 unspecified atom stereocenters. The fourth-order valence-corrected chi connectivity index (χ4v) is 2.38. The smallest absolute Gasteiger partial charge is 0.269 e. The van der Waals surface area contributed by atoms with Crippen molar-refractivity contribution in [3.63, 3.8) is 0 Å². The summed E-state index contributed by atoms with van der Waals surface area (Å²) in [6.07, 6.45) is 0.837. The molecule has 0 fully saturated rings. The largest absolute Gasteiger partial charge is 0.493 e. The van der Waals surface area contributed by atoms with E-state index < -0.39 is 5.91 Å². The van der Waals surface area contributed by atoms with E-state index in [1.54, 1.807) is 31.2 Å². The molecule has 1 heterocycles. The molecule has 0 aliphatic carbocycles. The van der Waals surface area contributed by atoms with Gasteiger partial charge in [-0.2, -0.15) is 5.10 Å². The maximum Gasteiger partial charge on any atom is 0.269 e. The SMILES string of the molecule is CCCOc1ccccc1C(=O)Nc1c(C)nn(CC)c1C(N)=O. The van der Waals surface area contributed by atoms with Crippen LogP contribution in [0.4, 0.5) is 5.69 Å². The van der Waals surface area contributed by atoms with Crippen molar-refractivity contribution in [3.8, 4) is 5.75 Å². The monoisotopic (exact) mass is 330 g/mol. The number of amides is 2. The van der Waals surface area contributed by atoms with Crippen LogP contribution in [0.1, 0.15) is 46.8 Å². The predicted molar refractivity (Wildman–Crippen MR) is 91.3 cm³/mol. The third-order valence-electron chi connectivity index (χ3n) is 3.49. The van der Waals surface area contributed by atoms with Gasteiger partial charge in [-0.3, -0.25) is 14.3 Å². The molecule has 7 nitrogen and oxygen atoms in total. The number of anilines is 1. The van der Waals surface area contributed by atoms with Crippen LogP contribution in [0.5, 0.6) is 5.75 Å². The Kier molecular flexibility index (Phi) is 5.57. The van der Waals surface area contributed by atoms with Gasteiger partial charge in [0.2, 0.25) is 0 Å². The van der Waals surface area contributed by atoms with Crippen LogP contribution in [0.3, 0.4) is 0 Å². The first-order valence-electron chi connectivity index (χ1n) is 7.89. The molecule has 2 aromatic rings. The lowest BCUT2D eigenvalue weighted by Crippen LogP contribution is -2.21. The first-order chi connectivity index (χ1) is 11.5. The molecule has 0 aliphatic heterocycles. The Morgan fingerprint density at radius 3 is 2.62 bits per heavy atom. The number of ether oxygens (including phenoxy) is 1. The Morgan fingerprint density at radius 1 is 1.29 bits per heavy atom. The number of hydrogen-bond donors (Lipinski definition) is 2. The molecule has 24 heavy (non-hydrogen) atoms. The lowest BCUT2D eigenvalue weighted by molar-refractivity contribution is 0.0991. The summed E-state index contributed by atoms with van der Waals surface area (Å²) in [6.45, 7) is 6.55. The van der Waals surface area contributed by atoms with Crippen LogP contribution >= 0.6 is 0 Å². The summed E-state index contributed by atoms with van der Waals surface area (Å²) in [4.78, 5) is 24.4. The molecule has 0 bridgehead atoms. The Morgan fingerprint density at radius 2 is 2.00 bits per heavy atom. The average Bonchev–Trinajstić information content (AvgIpc) is 2.89. The van der Waals surface area contributed by atoms with Gasteiger partial charge in [0.05, 0.1) is 23.6 Å². The van der Waals surface area contributed by atoms with Crippen molar-refractivity contribution in [3.05, 3.63) is 41.2 Å². The second kappa shape index (κ2) is 7.63. The second-order valence-corrected chi connectivity index (χ2v) is 5.29. The van der Waals surface area contributed by atoms with Crippen molar-refractivity contribution in [1.82, 2.24) is 9.78 Å². The van der Waals surface area contributed by atoms with Crippen molar-refractivity contribution >= 4 is 17.5 Å². The van der Waals surface area contributed by atoms with Crippen LogP contribution in [0, 0.1) is 6.92 Å². The van der Waals surface area contributed by atoms with Gasteiger partial charge >= 0.3 is 0 Å². The number of nitrogens with zero attached hydrogens (tertiary/aromatic N) is 2. The predicted octanol–water partition coefficient (Wildman–Crippen LogP) is 2.35. The number of rotatable bonds is 7. The third kappa shape index (κ3) is 3.56. The van der Waals surface area contributed by atoms with E-state index in [2.05, 4.69) is 10.4 Å². The molecule has 0 saturated heterocycles. The van der Waals surface area contributed by atoms with Crippen LogP contribution in [0.15, 0.2) is 24.3 Å². The van der Waals surface area contributed by atoms with Crippen molar-refractivity contribution < 1.29 is 14.3 Å². The molecule has 1 aromatic carbocycles. The molecule has 7 heteroatoms. The molecule has 3 N–H and O–H groups in total. The number of nitrogens with one attached hydrogen (secondary N) is 1. The molecule has 0 spiro atoms. The topological polar surface area (TPSA) is 99.2 Å². The van der Waals surface area contributed by atoms with Gasteiger partial charge in [-0.05, 0) is 32.4 Å². The van der Waals surface area contributed by atoms with E-state index in [-0.39, 0.29) is 11.6 Å². The number of hydrogen-bond acceptors (Lipinski definition) is 4. The van der Waals surface area contributed by atoms with Gasteiger partial charge in [0, 0.05) is 6.54 Å². The number of para-hydroxylation sites is 1. The quantitative estimate of drug-likeness (QED) is 0.814. The molecule has 1 aromatic heterocycles. The van der Waals surface area contributed by atoms with Gasteiger partial charge in [0.1, 0.15) is 11.4 Å². The Balaban J connectivity index is 2.34. The Labute approximate surface area is 140 Å². The third-order valence-corrected chi connectivity index (χ3v) is 3.49. The molecule has 2 rings (SSSR count). The highest BCUT2D eigenvalue weighted by Gasteiger charge is 2.22. The van der Waals surface area contributed by atoms with Crippen molar-refractivity contribution in [2.75, 3.05) is 11.9 Å². The summed E-state index contributed by atoms with van der Waals surface area (Å²) in [6, 6.07) is 6.97. The molecule has 128 valence electrons. The molecule has 0 atom stereocenters. The molecular weight excluding hydrogens is 308 g/mol. The van der Waals surface area contributed by atoms with Crippen LogP contribution in [0.2, 0.25) is 0 Å². The van der Waals surface area contributed by atoms with Gasteiger partial charge in [0.25, 0.3) is 11.8 Å². The van der Waals surface area contributed by atoms with Gasteiger partial charge < -0.3 is 15.8 Å². The first kappa shape index (κ1) is 17.5. The maximum atomic E-state index is 12.6. The summed E-state index contributed by atoms with van der Waals surface area (Å²) in [7, 11) is 0. The van der Waals surface area contributed by atoms with E-state index in [0.717, 1.165) is 6.42 Å². The lowest BCUT2D eigenvalue weighted by Gasteiger charge is -2.11. The zero-order valence-corrected chi connectivity index (χ0v) is 14.1. The minimum atomic E-state index is -0.636. The summed E-state index contributed by atoms with van der Waals surface area (Å²) in [5.41, 5.74) is 6.89. The number of aromatic nitrogens is 2. The summed E-state index contributed by atoms with van der Waals surface area (Å²) < 4.78 is 7.09. The summed E-state index contributed by atoms with van der Waals surface area (Å²) >= 11 is 0. The van der Waals surface area contributed by atoms with E-state index in [1.807, 2.05) is 13.8 Å². The number of aryl methyl sites for hydroxylation is 2. The lowest BCUT2D eigenvalue weighted by atomic mass is 10.1. The van der Waals surface area contributed by atoms with E-state index in [0.29, 0.717) is 35.8 Å². The number of benzene rings is 1. The van der Waals surface area contributed by atoms with E-state index in [1.165, 1.54) is 4.68 Å². The first-order valence-corrected chi connectivity index (χ1v) is 7.89. The van der Waals surface area contributed by atoms with Crippen LogP contribution < -0.4 is 15.8 Å². The van der Waals surface area contributed by atoms with Crippen molar-refractivity contribution in [2.24, 2.45) is 5.73 Å². The minimum Gasteiger partial charge on any atom is -0.493 e. The highest BCUT2D eigenvalue weighted by Crippen LogP contribution is 2.24. The van der Waals surface area contributed by atoms with Gasteiger partial charge in [0.15, 0.2) is 0 Å². The van der Waals surface area contributed by atoms with Gasteiger partial charge in [-0.15, -0.1) is 0 Å². The normalized spacial score (nSPS) is 10.5.